The monoisotopic (exact) mass is 434 g/mol. The van der Waals surface area contributed by atoms with Gasteiger partial charge in [0.05, 0.1) is 29.4 Å². The maximum Gasteiger partial charge on any atom is 0.417 e. The highest BCUT2D eigenvalue weighted by molar-refractivity contribution is 6.31. The molecule has 0 radical (unpaired) electrons. The summed E-state index contributed by atoms with van der Waals surface area (Å²) in [6.07, 6.45) is -2.89. The third-order valence-electron chi connectivity index (χ3n) is 5.51. The summed E-state index contributed by atoms with van der Waals surface area (Å²) in [5.41, 5.74) is 2.02. The highest BCUT2D eigenvalue weighted by Gasteiger charge is 2.35. The molecule has 3 nitrogen and oxygen atoms in total. The van der Waals surface area contributed by atoms with Crippen molar-refractivity contribution in [3.63, 3.8) is 0 Å². The van der Waals surface area contributed by atoms with Crippen LogP contribution in [0.25, 0.3) is 0 Å². The van der Waals surface area contributed by atoms with E-state index < -0.39 is 11.7 Å². The number of aryl methyl sites for hydroxylation is 1. The number of hydrogen-bond acceptors (Lipinski definition) is 3. The molecule has 0 saturated carbocycles. The second-order valence-electron chi connectivity index (χ2n) is 7.58. The molecule has 1 saturated heterocycles. The fraction of sp³-hybridized carbons (Fsp3) is 0.304. The van der Waals surface area contributed by atoms with Crippen LogP contribution in [0.1, 0.15) is 28.5 Å². The molecule has 0 amide bonds. The topological polar surface area (TPSA) is 19.6 Å². The zero-order valence-corrected chi connectivity index (χ0v) is 17.2. The fourth-order valence-electron chi connectivity index (χ4n) is 3.89. The molecular weight excluding hydrogens is 413 g/mol. The molecule has 1 aliphatic rings. The quantitative estimate of drug-likeness (QED) is 0.478. The van der Waals surface area contributed by atoms with Crippen LogP contribution >= 0.6 is 11.6 Å². The standard InChI is InChI=1S/C23H22ClF3N2O/c1-16-4-7-18(8-5-16)28-10-11-29(14-19-3-2-12-30-19)22(15-28)17-6-9-21(24)20(13-17)23(25,26)27/h2-9,12-13,22H,10-11,14-15H2,1H3. The van der Waals surface area contributed by atoms with E-state index in [2.05, 4.69) is 21.9 Å². The van der Waals surface area contributed by atoms with Gasteiger partial charge in [0.2, 0.25) is 0 Å². The lowest BCUT2D eigenvalue weighted by Crippen LogP contribution is -2.48. The zero-order valence-electron chi connectivity index (χ0n) is 16.5. The number of piperazine rings is 1. The maximum atomic E-state index is 13.5. The van der Waals surface area contributed by atoms with Crippen LogP contribution in [-0.2, 0) is 12.7 Å². The minimum Gasteiger partial charge on any atom is -0.468 e. The molecule has 1 fully saturated rings. The summed E-state index contributed by atoms with van der Waals surface area (Å²) in [4.78, 5) is 4.37. The molecule has 1 unspecified atom stereocenters. The van der Waals surface area contributed by atoms with E-state index in [0.717, 1.165) is 18.0 Å². The molecule has 7 heteroatoms. The summed E-state index contributed by atoms with van der Waals surface area (Å²) >= 11 is 5.85. The summed E-state index contributed by atoms with van der Waals surface area (Å²) in [5, 5.41) is -0.282. The normalized spacial score (nSPS) is 18.0. The first kappa shape index (κ1) is 20.8. The number of anilines is 1. The lowest BCUT2D eigenvalue weighted by Gasteiger charge is -2.42. The first-order chi connectivity index (χ1) is 14.3. The van der Waals surface area contributed by atoms with Crippen molar-refractivity contribution >= 4 is 17.3 Å². The van der Waals surface area contributed by atoms with Crippen LogP contribution in [0, 0.1) is 6.92 Å². The first-order valence-corrected chi connectivity index (χ1v) is 10.1. The molecule has 2 heterocycles. The van der Waals surface area contributed by atoms with E-state index in [-0.39, 0.29) is 11.1 Å². The highest BCUT2D eigenvalue weighted by atomic mass is 35.5. The number of hydrogen-bond donors (Lipinski definition) is 0. The number of benzene rings is 2. The molecule has 4 rings (SSSR count). The van der Waals surface area contributed by atoms with Gasteiger partial charge in [0.15, 0.2) is 0 Å². The molecule has 0 aliphatic carbocycles. The zero-order chi connectivity index (χ0) is 21.3. The van der Waals surface area contributed by atoms with Crippen molar-refractivity contribution in [1.82, 2.24) is 4.90 Å². The maximum absolute atomic E-state index is 13.5. The Labute approximate surface area is 178 Å². The second kappa shape index (κ2) is 8.36. The van der Waals surface area contributed by atoms with Gasteiger partial charge in [-0.05, 0) is 48.9 Å². The van der Waals surface area contributed by atoms with Gasteiger partial charge in [-0.25, -0.2) is 0 Å². The van der Waals surface area contributed by atoms with E-state index in [4.69, 9.17) is 16.0 Å². The van der Waals surface area contributed by atoms with Crippen molar-refractivity contribution in [1.29, 1.82) is 0 Å². The van der Waals surface area contributed by atoms with Gasteiger partial charge in [-0.1, -0.05) is 35.4 Å². The van der Waals surface area contributed by atoms with Crippen molar-refractivity contribution in [2.75, 3.05) is 24.5 Å². The Kier molecular flexibility index (Phi) is 5.80. The van der Waals surface area contributed by atoms with E-state index in [0.29, 0.717) is 25.2 Å². The van der Waals surface area contributed by atoms with Crippen LogP contribution in [0.5, 0.6) is 0 Å². The van der Waals surface area contributed by atoms with Crippen LogP contribution in [0.4, 0.5) is 18.9 Å². The Bertz CT molecular complexity index is 987. The lowest BCUT2D eigenvalue weighted by atomic mass is 9.99. The molecule has 30 heavy (non-hydrogen) atoms. The van der Waals surface area contributed by atoms with Crippen LogP contribution in [0.15, 0.2) is 65.3 Å². The second-order valence-corrected chi connectivity index (χ2v) is 7.99. The van der Waals surface area contributed by atoms with Crippen LogP contribution in [0.3, 0.4) is 0 Å². The van der Waals surface area contributed by atoms with Gasteiger partial charge < -0.3 is 9.32 Å². The molecule has 0 N–H and O–H groups in total. The number of rotatable bonds is 4. The minimum atomic E-state index is -4.50. The first-order valence-electron chi connectivity index (χ1n) is 9.76. The minimum absolute atomic E-state index is 0.233. The lowest BCUT2D eigenvalue weighted by molar-refractivity contribution is -0.137. The van der Waals surface area contributed by atoms with E-state index in [1.807, 2.05) is 31.2 Å². The molecular formula is C23H22ClF3N2O. The molecule has 1 aliphatic heterocycles. The van der Waals surface area contributed by atoms with Gasteiger partial charge in [0, 0.05) is 25.3 Å². The smallest absolute Gasteiger partial charge is 0.417 e. The van der Waals surface area contributed by atoms with Crippen molar-refractivity contribution < 1.29 is 17.6 Å². The van der Waals surface area contributed by atoms with Gasteiger partial charge in [-0.15, -0.1) is 0 Å². The summed E-state index contributed by atoms with van der Waals surface area (Å²) in [7, 11) is 0. The third-order valence-corrected chi connectivity index (χ3v) is 5.84. The molecule has 3 aromatic rings. The van der Waals surface area contributed by atoms with Crippen molar-refractivity contribution in [2.24, 2.45) is 0 Å². The van der Waals surface area contributed by atoms with E-state index in [1.165, 1.54) is 17.7 Å². The van der Waals surface area contributed by atoms with Gasteiger partial charge in [-0.2, -0.15) is 13.2 Å². The summed E-state index contributed by atoms with van der Waals surface area (Å²) in [6.45, 7) is 4.61. The number of nitrogens with zero attached hydrogens (tertiary/aromatic N) is 2. The number of furan rings is 1. The van der Waals surface area contributed by atoms with Crippen LogP contribution in [0.2, 0.25) is 5.02 Å². The molecule has 1 aromatic heterocycles. The summed E-state index contributed by atoms with van der Waals surface area (Å²) < 4.78 is 45.8. The largest absolute Gasteiger partial charge is 0.468 e. The third kappa shape index (κ3) is 4.50. The molecule has 1 atom stereocenters. The fourth-order valence-corrected chi connectivity index (χ4v) is 4.11. The number of halogens is 4. The SMILES string of the molecule is Cc1ccc(N2CCN(Cc3ccco3)C(c3ccc(Cl)c(C(F)(F)F)c3)C2)cc1. The predicted molar refractivity (Wildman–Crippen MR) is 112 cm³/mol. The van der Waals surface area contributed by atoms with Gasteiger partial charge in [0.1, 0.15) is 5.76 Å². The Morgan fingerprint density at radius 2 is 1.83 bits per heavy atom. The van der Waals surface area contributed by atoms with Crippen molar-refractivity contribution in [2.45, 2.75) is 25.7 Å². The Balaban J connectivity index is 1.67. The highest BCUT2D eigenvalue weighted by Crippen LogP contribution is 2.38. The van der Waals surface area contributed by atoms with Crippen LogP contribution in [-0.4, -0.2) is 24.5 Å². The predicted octanol–water partition coefficient (Wildman–Crippen LogP) is 6.32. The Hall–Kier alpha value is -2.44. The summed E-state index contributed by atoms with van der Waals surface area (Å²) in [6, 6.07) is 15.9. The average molecular weight is 435 g/mol. The number of alkyl halides is 3. The Morgan fingerprint density at radius 1 is 1.07 bits per heavy atom. The summed E-state index contributed by atoms with van der Waals surface area (Å²) in [5.74, 6) is 0.786. The van der Waals surface area contributed by atoms with E-state index in [9.17, 15) is 13.2 Å². The van der Waals surface area contributed by atoms with Gasteiger partial charge in [0.25, 0.3) is 0 Å². The van der Waals surface area contributed by atoms with Crippen molar-refractivity contribution in [3.8, 4) is 0 Å². The van der Waals surface area contributed by atoms with Crippen LogP contribution < -0.4 is 4.90 Å². The van der Waals surface area contributed by atoms with Gasteiger partial charge >= 0.3 is 6.18 Å². The van der Waals surface area contributed by atoms with E-state index >= 15 is 0 Å². The van der Waals surface area contributed by atoms with Crippen molar-refractivity contribution in [3.05, 3.63) is 88.3 Å². The molecule has 2 aromatic carbocycles. The van der Waals surface area contributed by atoms with E-state index in [1.54, 1.807) is 12.3 Å². The Morgan fingerprint density at radius 3 is 2.50 bits per heavy atom. The molecule has 0 bridgehead atoms. The van der Waals surface area contributed by atoms with Gasteiger partial charge in [-0.3, -0.25) is 4.90 Å². The molecule has 158 valence electrons. The molecule has 0 spiro atoms. The average Bonchev–Trinajstić information content (AvgIpc) is 3.22.